The molecule has 18 heavy (non-hydrogen) atoms. The molecule has 0 saturated carbocycles. The second-order valence-electron chi connectivity index (χ2n) is 5.12. The van der Waals surface area contributed by atoms with E-state index in [1.165, 1.54) is 0 Å². The largest absolute Gasteiger partial charge is 0.481 e. The van der Waals surface area contributed by atoms with Gasteiger partial charge in [-0.25, -0.2) is 4.79 Å². The van der Waals surface area contributed by atoms with Crippen LogP contribution in [0.1, 0.15) is 25.7 Å². The highest BCUT2D eigenvalue weighted by Gasteiger charge is 2.31. The molecule has 0 aromatic heterocycles. The summed E-state index contributed by atoms with van der Waals surface area (Å²) in [5, 5.41) is 18.4. The summed E-state index contributed by atoms with van der Waals surface area (Å²) in [5.74, 6) is -1.25. The van der Waals surface area contributed by atoms with Gasteiger partial charge in [-0.15, -0.1) is 0 Å². The van der Waals surface area contributed by atoms with Crippen LogP contribution in [0.5, 0.6) is 0 Å². The van der Waals surface area contributed by atoms with Gasteiger partial charge in [0.05, 0.1) is 12.0 Å². The van der Waals surface area contributed by atoms with Gasteiger partial charge in [-0.2, -0.15) is 0 Å². The summed E-state index contributed by atoms with van der Waals surface area (Å²) >= 11 is 0. The minimum atomic E-state index is -0.818. The fourth-order valence-corrected chi connectivity index (χ4v) is 2.61. The monoisotopic (exact) mass is 256 g/mol. The van der Waals surface area contributed by atoms with Crippen LogP contribution in [0.3, 0.4) is 0 Å². The number of carboxylic acid groups (broad SMARTS) is 1. The third-order valence-electron chi connectivity index (χ3n) is 3.78. The van der Waals surface area contributed by atoms with Crippen molar-refractivity contribution in [3.05, 3.63) is 0 Å². The Balaban J connectivity index is 1.90. The molecule has 0 spiro atoms. The molecule has 0 aromatic rings. The predicted octanol–water partition coefficient (Wildman–Crippen LogP) is 0.360. The number of nitrogens with zero attached hydrogens (tertiary/aromatic N) is 2. The molecule has 2 heterocycles. The van der Waals surface area contributed by atoms with E-state index in [-0.39, 0.29) is 12.1 Å². The minimum Gasteiger partial charge on any atom is -0.481 e. The van der Waals surface area contributed by atoms with Gasteiger partial charge < -0.3 is 20.0 Å². The van der Waals surface area contributed by atoms with E-state index >= 15 is 0 Å². The van der Waals surface area contributed by atoms with Crippen molar-refractivity contribution in [1.29, 1.82) is 0 Å². The molecule has 2 rings (SSSR count). The molecule has 1 atom stereocenters. The lowest BCUT2D eigenvalue weighted by Crippen LogP contribution is -2.51. The van der Waals surface area contributed by atoms with Crippen molar-refractivity contribution in [3.63, 3.8) is 0 Å². The Morgan fingerprint density at radius 1 is 1.00 bits per heavy atom. The molecule has 2 amide bonds. The van der Waals surface area contributed by atoms with Gasteiger partial charge in [0.2, 0.25) is 0 Å². The van der Waals surface area contributed by atoms with Crippen molar-refractivity contribution in [3.8, 4) is 0 Å². The molecule has 6 nitrogen and oxygen atoms in total. The van der Waals surface area contributed by atoms with Gasteiger partial charge in [0, 0.05) is 26.2 Å². The van der Waals surface area contributed by atoms with Crippen LogP contribution in [-0.4, -0.2) is 64.3 Å². The number of aliphatic carboxylic acids is 1. The van der Waals surface area contributed by atoms with Crippen molar-refractivity contribution in [2.24, 2.45) is 5.92 Å². The maximum Gasteiger partial charge on any atom is 0.320 e. The Kier molecular flexibility index (Phi) is 4.06. The molecule has 2 N–H and O–H groups in total. The van der Waals surface area contributed by atoms with Crippen LogP contribution in [0, 0.1) is 5.92 Å². The first-order valence-electron chi connectivity index (χ1n) is 6.52. The summed E-state index contributed by atoms with van der Waals surface area (Å²) < 4.78 is 0. The van der Waals surface area contributed by atoms with E-state index in [0.717, 1.165) is 6.42 Å². The van der Waals surface area contributed by atoms with Gasteiger partial charge in [-0.3, -0.25) is 4.79 Å². The number of carbonyl (C=O) groups excluding carboxylic acids is 1. The SMILES string of the molecule is O=C(O)[C@@H]1CCCN(C(=O)N2CCC(O)CC2)C1. The number of piperidine rings is 2. The van der Waals surface area contributed by atoms with E-state index in [9.17, 15) is 14.7 Å². The maximum absolute atomic E-state index is 12.2. The van der Waals surface area contributed by atoms with Crippen molar-refractivity contribution < 1.29 is 19.8 Å². The van der Waals surface area contributed by atoms with Gasteiger partial charge in [-0.05, 0) is 25.7 Å². The van der Waals surface area contributed by atoms with Crippen LogP contribution in [0.4, 0.5) is 4.79 Å². The Morgan fingerprint density at radius 3 is 2.28 bits per heavy atom. The van der Waals surface area contributed by atoms with Crippen LogP contribution in [-0.2, 0) is 4.79 Å². The van der Waals surface area contributed by atoms with Crippen LogP contribution >= 0.6 is 0 Å². The number of rotatable bonds is 1. The third kappa shape index (κ3) is 2.93. The second-order valence-corrected chi connectivity index (χ2v) is 5.12. The summed E-state index contributed by atoms with van der Waals surface area (Å²) in [6, 6.07) is -0.0761. The second kappa shape index (κ2) is 5.56. The number of likely N-dealkylation sites (tertiary alicyclic amines) is 2. The number of carbonyl (C=O) groups is 2. The molecule has 0 aromatic carbocycles. The van der Waals surface area contributed by atoms with Crippen molar-refractivity contribution in [2.45, 2.75) is 31.8 Å². The molecular weight excluding hydrogens is 236 g/mol. The number of hydrogen-bond donors (Lipinski definition) is 2. The molecule has 0 bridgehead atoms. The Bertz CT molecular complexity index is 326. The average molecular weight is 256 g/mol. The number of carboxylic acids is 1. The third-order valence-corrected chi connectivity index (χ3v) is 3.78. The maximum atomic E-state index is 12.2. The number of hydrogen-bond acceptors (Lipinski definition) is 3. The smallest absolute Gasteiger partial charge is 0.320 e. The fourth-order valence-electron chi connectivity index (χ4n) is 2.61. The normalized spacial score (nSPS) is 26.2. The molecule has 2 aliphatic rings. The van der Waals surface area contributed by atoms with E-state index in [4.69, 9.17) is 5.11 Å². The van der Waals surface area contributed by atoms with E-state index in [1.54, 1.807) is 9.80 Å². The average Bonchev–Trinajstić information content (AvgIpc) is 2.39. The van der Waals surface area contributed by atoms with Crippen LogP contribution in [0.15, 0.2) is 0 Å². The van der Waals surface area contributed by atoms with E-state index < -0.39 is 11.9 Å². The Hall–Kier alpha value is -1.30. The van der Waals surface area contributed by atoms with Crippen LogP contribution < -0.4 is 0 Å². The van der Waals surface area contributed by atoms with E-state index in [0.29, 0.717) is 45.4 Å². The summed E-state index contributed by atoms with van der Waals surface area (Å²) in [4.78, 5) is 26.5. The van der Waals surface area contributed by atoms with E-state index in [2.05, 4.69) is 0 Å². The highest BCUT2D eigenvalue weighted by atomic mass is 16.4. The Morgan fingerprint density at radius 2 is 1.67 bits per heavy atom. The quantitative estimate of drug-likeness (QED) is 0.709. The van der Waals surface area contributed by atoms with Gasteiger partial charge >= 0.3 is 12.0 Å². The first-order chi connectivity index (χ1) is 8.58. The minimum absolute atomic E-state index is 0.0761. The number of aliphatic hydroxyl groups excluding tert-OH is 1. The molecule has 0 unspecified atom stereocenters. The summed E-state index contributed by atoms with van der Waals surface area (Å²) in [5.41, 5.74) is 0. The predicted molar refractivity (Wildman–Crippen MR) is 64.1 cm³/mol. The lowest BCUT2D eigenvalue weighted by molar-refractivity contribution is -0.143. The standard InChI is InChI=1S/C12H20N2O4/c15-10-3-6-13(7-4-10)12(18)14-5-1-2-9(8-14)11(16)17/h9-10,15H,1-8H2,(H,16,17)/t9-/m1/s1. The van der Waals surface area contributed by atoms with Crippen LogP contribution in [0.25, 0.3) is 0 Å². The molecule has 2 saturated heterocycles. The van der Waals surface area contributed by atoms with Crippen molar-refractivity contribution in [1.82, 2.24) is 9.80 Å². The van der Waals surface area contributed by atoms with Crippen molar-refractivity contribution >= 4 is 12.0 Å². The van der Waals surface area contributed by atoms with E-state index in [1.807, 2.05) is 0 Å². The zero-order chi connectivity index (χ0) is 13.1. The first kappa shape index (κ1) is 13.1. The number of urea groups is 1. The summed E-state index contributed by atoms with van der Waals surface area (Å²) in [6.07, 6.45) is 2.32. The fraction of sp³-hybridized carbons (Fsp3) is 0.833. The number of amides is 2. The summed E-state index contributed by atoms with van der Waals surface area (Å²) in [6.45, 7) is 2.08. The highest BCUT2D eigenvalue weighted by molar-refractivity contribution is 5.76. The molecule has 2 aliphatic heterocycles. The molecule has 0 radical (unpaired) electrons. The molecule has 2 fully saturated rings. The van der Waals surface area contributed by atoms with Crippen molar-refractivity contribution in [2.75, 3.05) is 26.2 Å². The topological polar surface area (TPSA) is 81.1 Å². The van der Waals surface area contributed by atoms with Gasteiger partial charge in [0.15, 0.2) is 0 Å². The highest BCUT2D eigenvalue weighted by Crippen LogP contribution is 2.19. The van der Waals surface area contributed by atoms with Gasteiger partial charge in [0.1, 0.15) is 0 Å². The van der Waals surface area contributed by atoms with Gasteiger partial charge in [0.25, 0.3) is 0 Å². The van der Waals surface area contributed by atoms with Gasteiger partial charge in [-0.1, -0.05) is 0 Å². The molecule has 0 aliphatic carbocycles. The summed E-state index contributed by atoms with van der Waals surface area (Å²) in [7, 11) is 0. The lowest BCUT2D eigenvalue weighted by atomic mass is 9.98. The molecule has 6 heteroatoms. The molecular formula is C12H20N2O4. The zero-order valence-corrected chi connectivity index (χ0v) is 10.4. The number of aliphatic hydroxyl groups is 1. The lowest BCUT2D eigenvalue weighted by Gasteiger charge is -2.37. The molecule has 102 valence electrons. The van der Waals surface area contributed by atoms with Crippen LogP contribution in [0.2, 0.25) is 0 Å². The Labute approximate surface area is 106 Å². The first-order valence-corrected chi connectivity index (χ1v) is 6.52. The zero-order valence-electron chi connectivity index (χ0n) is 10.4.